The van der Waals surface area contributed by atoms with Gasteiger partial charge >= 0.3 is 0 Å². The first-order chi connectivity index (χ1) is 6.75. The van der Waals surface area contributed by atoms with Crippen LogP contribution in [-0.4, -0.2) is 20.8 Å². The van der Waals surface area contributed by atoms with Crippen LogP contribution in [0.3, 0.4) is 0 Å². The third kappa shape index (κ3) is 1.17. The van der Waals surface area contributed by atoms with Gasteiger partial charge in [0.25, 0.3) is 0 Å². The Morgan fingerprint density at radius 2 is 2.14 bits per heavy atom. The van der Waals surface area contributed by atoms with Crippen LogP contribution in [0.2, 0.25) is 0 Å². The molecule has 0 amide bonds. The van der Waals surface area contributed by atoms with Crippen molar-refractivity contribution in [2.75, 3.05) is 0 Å². The highest BCUT2D eigenvalue weighted by molar-refractivity contribution is 5.08. The number of hydrogen-bond acceptors (Lipinski definition) is 3. The molecule has 1 aliphatic carbocycles. The SMILES string of the molecule is CC1C(N)CCc2nc(C3CC3)nn21. The van der Waals surface area contributed by atoms with Crippen LogP contribution in [0.4, 0.5) is 0 Å². The zero-order valence-electron chi connectivity index (χ0n) is 8.48. The van der Waals surface area contributed by atoms with Crippen LogP contribution in [0.5, 0.6) is 0 Å². The Hall–Kier alpha value is -0.900. The molecule has 0 bridgehead atoms. The molecule has 1 aliphatic heterocycles. The summed E-state index contributed by atoms with van der Waals surface area (Å²) in [5.74, 6) is 2.85. The fourth-order valence-corrected chi connectivity index (χ4v) is 2.10. The van der Waals surface area contributed by atoms with Gasteiger partial charge in [-0.2, -0.15) is 5.10 Å². The van der Waals surface area contributed by atoms with Crippen LogP contribution in [-0.2, 0) is 6.42 Å². The van der Waals surface area contributed by atoms with Crippen LogP contribution in [0.1, 0.15) is 49.8 Å². The molecule has 0 aromatic carbocycles. The van der Waals surface area contributed by atoms with Crippen molar-refractivity contribution in [3.63, 3.8) is 0 Å². The third-order valence-electron chi connectivity index (χ3n) is 3.37. The van der Waals surface area contributed by atoms with Crippen molar-refractivity contribution in [1.82, 2.24) is 14.8 Å². The molecule has 3 rings (SSSR count). The molecule has 0 radical (unpaired) electrons. The van der Waals surface area contributed by atoms with Crippen LogP contribution in [0.15, 0.2) is 0 Å². The molecule has 2 unspecified atom stereocenters. The van der Waals surface area contributed by atoms with Crippen molar-refractivity contribution >= 4 is 0 Å². The van der Waals surface area contributed by atoms with E-state index in [4.69, 9.17) is 5.73 Å². The maximum atomic E-state index is 6.01. The Balaban J connectivity index is 1.97. The minimum Gasteiger partial charge on any atom is -0.326 e. The van der Waals surface area contributed by atoms with Gasteiger partial charge in [0.1, 0.15) is 5.82 Å². The molecule has 76 valence electrons. The molecule has 1 fully saturated rings. The topological polar surface area (TPSA) is 56.7 Å². The molecule has 2 aliphatic rings. The number of fused-ring (bicyclic) bond motifs is 1. The summed E-state index contributed by atoms with van der Waals surface area (Å²) < 4.78 is 2.04. The lowest BCUT2D eigenvalue weighted by molar-refractivity contribution is 0.338. The minimum atomic E-state index is 0.247. The molecule has 1 saturated carbocycles. The van der Waals surface area contributed by atoms with Gasteiger partial charge in [-0.15, -0.1) is 0 Å². The van der Waals surface area contributed by atoms with Crippen molar-refractivity contribution < 1.29 is 0 Å². The van der Waals surface area contributed by atoms with Crippen molar-refractivity contribution in [1.29, 1.82) is 0 Å². The largest absolute Gasteiger partial charge is 0.326 e. The fraction of sp³-hybridized carbons (Fsp3) is 0.800. The maximum absolute atomic E-state index is 6.01. The first-order valence-electron chi connectivity index (χ1n) is 5.46. The molecular formula is C10H16N4. The quantitative estimate of drug-likeness (QED) is 0.722. The lowest BCUT2D eigenvalue weighted by Crippen LogP contribution is -2.36. The molecule has 4 nitrogen and oxygen atoms in total. The average molecular weight is 192 g/mol. The van der Waals surface area contributed by atoms with Gasteiger partial charge in [-0.1, -0.05) is 0 Å². The second-order valence-electron chi connectivity index (χ2n) is 4.55. The fourth-order valence-electron chi connectivity index (χ4n) is 2.10. The predicted molar refractivity (Wildman–Crippen MR) is 53.0 cm³/mol. The summed E-state index contributed by atoms with van der Waals surface area (Å²) in [6.45, 7) is 2.14. The van der Waals surface area contributed by atoms with Gasteiger partial charge in [0, 0.05) is 18.4 Å². The van der Waals surface area contributed by atoms with Crippen molar-refractivity contribution in [3.8, 4) is 0 Å². The molecule has 14 heavy (non-hydrogen) atoms. The molecule has 0 spiro atoms. The lowest BCUT2D eigenvalue weighted by Gasteiger charge is -2.25. The summed E-state index contributed by atoms with van der Waals surface area (Å²) in [7, 11) is 0. The minimum absolute atomic E-state index is 0.247. The average Bonchev–Trinajstić information content (AvgIpc) is 2.93. The van der Waals surface area contributed by atoms with E-state index in [2.05, 4.69) is 17.0 Å². The van der Waals surface area contributed by atoms with Crippen molar-refractivity contribution in [3.05, 3.63) is 11.6 Å². The van der Waals surface area contributed by atoms with Gasteiger partial charge in [-0.3, -0.25) is 0 Å². The molecule has 2 heterocycles. The van der Waals surface area contributed by atoms with E-state index < -0.39 is 0 Å². The highest BCUT2D eigenvalue weighted by atomic mass is 15.4. The predicted octanol–water partition coefficient (Wildman–Crippen LogP) is 0.990. The van der Waals surface area contributed by atoms with Gasteiger partial charge in [0.15, 0.2) is 5.82 Å². The summed E-state index contributed by atoms with van der Waals surface area (Å²) in [5.41, 5.74) is 6.01. The van der Waals surface area contributed by atoms with Crippen LogP contribution in [0, 0.1) is 0 Å². The molecule has 2 N–H and O–H groups in total. The van der Waals surface area contributed by atoms with E-state index in [0.717, 1.165) is 24.5 Å². The van der Waals surface area contributed by atoms with E-state index in [1.807, 2.05) is 4.68 Å². The van der Waals surface area contributed by atoms with E-state index in [9.17, 15) is 0 Å². The highest BCUT2D eigenvalue weighted by Crippen LogP contribution is 2.39. The second kappa shape index (κ2) is 2.79. The molecule has 1 aromatic rings. The van der Waals surface area contributed by atoms with Crippen molar-refractivity contribution in [2.45, 2.75) is 50.6 Å². The van der Waals surface area contributed by atoms with Crippen LogP contribution < -0.4 is 5.73 Å². The Bertz CT molecular complexity index is 353. The third-order valence-corrected chi connectivity index (χ3v) is 3.37. The zero-order valence-corrected chi connectivity index (χ0v) is 8.48. The Labute approximate surface area is 83.5 Å². The summed E-state index contributed by atoms with van der Waals surface area (Å²) in [6.07, 6.45) is 4.57. The van der Waals surface area contributed by atoms with E-state index in [-0.39, 0.29) is 6.04 Å². The standard InChI is InChI=1S/C10H16N4/c1-6-8(11)4-5-9-12-10(7-2-3-7)13-14(6)9/h6-8H,2-5,11H2,1H3. The zero-order chi connectivity index (χ0) is 9.71. The van der Waals surface area contributed by atoms with Gasteiger partial charge in [-0.25, -0.2) is 9.67 Å². The highest BCUT2D eigenvalue weighted by Gasteiger charge is 2.32. The number of aromatic nitrogens is 3. The molecule has 0 saturated heterocycles. The number of rotatable bonds is 1. The molecular weight excluding hydrogens is 176 g/mol. The number of aryl methyl sites for hydroxylation is 1. The number of nitrogens with zero attached hydrogens (tertiary/aromatic N) is 3. The van der Waals surface area contributed by atoms with E-state index in [1.165, 1.54) is 12.8 Å². The van der Waals surface area contributed by atoms with Gasteiger partial charge in [0.05, 0.1) is 6.04 Å². The summed E-state index contributed by atoms with van der Waals surface area (Å²) in [4.78, 5) is 4.59. The molecule has 4 heteroatoms. The van der Waals surface area contributed by atoms with Crippen molar-refractivity contribution in [2.24, 2.45) is 5.73 Å². The second-order valence-corrected chi connectivity index (χ2v) is 4.55. The monoisotopic (exact) mass is 192 g/mol. The van der Waals surface area contributed by atoms with E-state index >= 15 is 0 Å². The van der Waals surface area contributed by atoms with Gasteiger partial charge < -0.3 is 5.73 Å². The summed E-state index contributed by atoms with van der Waals surface area (Å²) in [5, 5.41) is 4.57. The van der Waals surface area contributed by atoms with E-state index in [0.29, 0.717) is 12.0 Å². The normalized spacial score (nSPS) is 31.6. The Morgan fingerprint density at radius 1 is 1.36 bits per heavy atom. The van der Waals surface area contributed by atoms with Gasteiger partial charge in [-0.05, 0) is 26.2 Å². The first-order valence-corrected chi connectivity index (χ1v) is 5.46. The summed E-state index contributed by atoms with van der Waals surface area (Å²) in [6, 6.07) is 0.565. The van der Waals surface area contributed by atoms with Gasteiger partial charge in [0.2, 0.25) is 0 Å². The number of nitrogens with two attached hydrogens (primary N) is 1. The molecule has 1 aromatic heterocycles. The molecule has 2 atom stereocenters. The Morgan fingerprint density at radius 3 is 2.86 bits per heavy atom. The lowest BCUT2D eigenvalue weighted by atomic mass is 10.0. The Kier molecular flexibility index (Phi) is 1.68. The van der Waals surface area contributed by atoms with E-state index in [1.54, 1.807) is 0 Å². The smallest absolute Gasteiger partial charge is 0.154 e. The van der Waals surface area contributed by atoms with Crippen LogP contribution >= 0.6 is 0 Å². The summed E-state index contributed by atoms with van der Waals surface area (Å²) >= 11 is 0. The maximum Gasteiger partial charge on any atom is 0.154 e. The number of hydrogen-bond donors (Lipinski definition) is 1. The van der Waals surface area contributed by atoms with Crippen LogP contribution in [0.25, 0.3) is 0 Å². The first kappa shape index (κ1) is 8.41.